The summed E-state index contributed by atoms with van der Waals surface area (Å²) in [5.41, 5.74) is 0. The second kappa shape index (κ2) is 8.73. The highest BCUT2D eigenvalue weighted by atomic mass is 32.2. The Morgan fingerprint density at radius 1 is 1.38 bits per heavy atom. The third kappa shape index (κ3) is 5.68. The van der Waals surface area contributed by atoms with Gasteiger partial charge >= 0.3 is 0 Å². The molecule has 0 bridgehead atoms. The summed E-state index contributed by atoms with van der Waals surface area (Å²) < 4.78 is 29.7. The fourth-order valence-corrected chi connectivity index (χ4v) is 4.30. The van der Waals surface area contributed by atoms with Crippen molar-refractivity contribution in [2.24, 2.45) is 5.92 Å². The summed E-state index contributed by atoms with van der Waals surface area (Å²) >= 11 is 1.66. The molecule has 1 saturated heterocycles. The van der Waals surface area contributed by atoms with E-state index in [1.165, 1.54) is 10.6 Å². The predicted molar refractivity (Wildman–Crippen MR) is 95.9 cm³/mol. The summed E-state index contributed by atoms with van der Waals surface area (Å²) in [5, 5.41) is 2.91. The van der Waals surface area contributed by atoms with Crippen molar-refractivity contribution in [2.45, 2.75) is 17.7 Å². The summed E-state index contributed by atoms with van der Waals surface area (Å²) in [7, 11) is -1.59. The smallest absolute Gasteiger partial charge is 0.224 e. The van der Waals surface area contributed by atoms with Gasteiger partial charge in [-0.1, -0.05) is 0 Å². The zero-order chi connectivity index (χ0) is 17.6. The molecule has 1 aliphatic rings. The fourth-order valence-electron chi connectivity index (χ4n) is 2.62. The molecule has 1 aliphatic heterocycles. The molecular weight excluding hydrogens is 348 g/mol. The Morgan fingerprint density at radius 2 is 2.08 bits per heavy atom. The number of carbonyl (C=O) groups excluding carboxylic acids is 1. The first-order chi connectivity index (χ1) is 11.4. The standard InChI is InChI=1S/C16H24N2O4S2/c1-22-14-5-7-15(8-6-14)23-11-9-17-16(19)13-4-3-10-18(12-13)24(2,20)21/h5-8,13H,3-4,9-12H2,1-2H3,(H,17,19)/t13-/m0/s1. The first kappa shape index (κ1) is 19.1. The lowest BCUT2D eigenvalue weighted by Crippen LogP contribution is -2.45. The van der Waals surface area contributed by atoms with Gasteiger partial charge in [0.1, 0.15) is 5.75 Å². The highest BCUT2D eigenvalue weighted by Gasteiger charge is 2.29. The number of benzene rings is 1. The van der Waals surface area contributed by atoms with Gasteiger partial charge in [0.2, 0.25) is 15.9 Å². The van der Waals surface area contributed by atoms with E-state index in [1.54, 1.807) is 18.9 Å². The Balaban J connectivity index is 1.72. The number of amides is 1. The third-order valence-electron chi connectivity index (χ3n) is 3.95. The van der Waals surface area contributed by atoms with Crippen molar-refractivity contribution in [1.82, 2.24) is 9.62 Å². The number of nitrogens with zero attached hydrogens (tertiary/aromatic N) is 1. The number of rotatable bonds is 7. The van der Waals surface area contributed by atoms with Crippen molar-refractivity contribution in [2.75, 3.05) is 38.8 Å². The zero-order valence-corrected chi connectivity index (χ0v) is 15.7. The second-order valence-corrected chi connectivity index (χ2v) is 8.93. The molecule has 0 spiro atoms. The molecule has 1 N–H and O–H groups in total. The van der Waals surface area contributed by atoms with Crippen molar-refractivity contribution in [3.63, 3.8) is 0 Å². The van der Waals surface area contributed by atoms with Crippen LogP contribution in [0.1, 0.15) is 12.8 Å². The average molecular weight is 373 g/mol. The number of nitrogens with one attached hydrogen (secondary N) is 1. The SMILES string of the molecule is COc1ccc(SCCNC(=O)[C@H]2CCCN(S(C)(=O)=O)C2)cc1. The Bertz CT molecular complexity index is 647. The van der Waals surface area contributed by atoms with Crippen LogP contribution in [0.2, 0.25) is 0 Å². The van der Waals surface area contributed by atoms with E-state index >= 15 is 0 Å². The van der Waals surface area contributed by atoms with E-state index in [0.29, 0.717) is 13.1 Å². The summed E-state index contributed by atoms with van der Waals surface area (Å²) in [5.74, 6) is 1.28. The maximum absolute atomic E-state index is 12.2. The molecular formula is C16H24N2O4S2. The van der Waals surface area contributed by atoms with Crippen LogP contribution in [0.15, 0.2) is 29.2 Å². The molecule has 1 atom stereocenters. The summed E-state index contributed by atoms with van der Waals surface area (Å²) in [4.78, 5) is 13.3. The van der Waals surface area contributed by atoms with E-state index in [4.69, 9.17) is 4.74 Å². The second-order valence-electron chi connectivity index (χ2n) is 5.78. The van der Waals surface area contributed by atoms with E-state index in [1.807, 2.05) is 24.3 Å². The van der Waals surface area contributed by atoms with Gasteiger partial charge < -0.3 is 10.1 Å². The number of hydrogen-bond acceptors (Lipinski definition) is 5. The van der Waals surface area contributed by atoms with E-state index < -0.39 is 10.0 Å². The van der Waals surface area contributed by atoms with Crippen molar-refractivity contribution in [3.8, 4) is 5.75 Å². The van der Waals surface area contributed by atoms with Gasteiger partial charge in [0.15, 0.2) is 0 Å². The minimum atomic E-state index is -3.22. The van der Waals surface area contributed by atoms with Gasteiger partial charge in [-0.15, -0.1) is 11.8 Å². The lowest BCUT2D eigenvalue weighted by molar-refractivity contribution is -0.125. The van der Waals surface area contributed by atoms with Crippen molar-refractivity contribution < 1.29 is 17.9 Å². The molecule has 0 radical (unpaired) electrons. The Hall–Kier alpha value is -1.25. The molecule has 1 aromatic rings. The number of piperidine rings is 1. The fraction of sp³-hybridized carbons (Fsp3) is 0.562. The van der Waals surface area contributed by atoms with E-state index in [-0.39, 0.29) is 18.4 Å². The number of ether oxygens (including phenoxy) is 1. The lowest BCUT2D eigenvalue weighted by Gasteiger charge is -2.30. The van der Waals surface area contributed by atoms with Crippen molar-refractivity contribution >= 4 is 27.7 Å². The van der Waals surface area contributed by atoms with Gasteiger partial charge in [-0.05, 0) is 37.1 Å². The average Bonchev–Trinajstić information content (AvgIpc) is 2.58. The van der Waals surface area contributed by atoms with Gasteiger partial charge in [0.25, 0.3) is 0 Å². The highest BCUT2D eigenvalue weighted by Crippen LogP contribution is 2.21. The molecule has 0 unspecified atom stereocenters. The largest absolute Gasteiger partial charge is 0.497 e. The first-order valence-corrected chi connectivity index (χ1v) is 10.7. The molecule has 134 valence electrons. The van der Waals surface area contributed by atoms with Gasteiger partial charge in [-0.3, -0.25) is 4.79 Å². The molecule has 1 aromatic carbocycles. The van der Waals surface area contributed by atoms with Crippen LogP contribution in [0.5, 0.6) is 5.75 Å². The van der Waals surface area contributed by atoms with Crippen LogP contribution >= 0.6 is 11.8 Å². The summed E-state index contributed by atoms with van der Waals surface area (Å²) in [6.45, 7) is 1.36. The molecule has 24 heavy (non-hydrogen) atoms. The Kier molecular flexibility index (Phi) is 6.94. The highest BCUT2D eigenvalue weighted by molar-refractivity contribution is 7.99. The Labute approximate surface area is 148 Å². The minimum absolute atomic E-state index is 0.0568. The molecule has 1 fully saturated rings. The molecule has 2 rings (SSSR count). The van der Waals surface area contributed by atoms with Gasteiger partial charge in [0, 0.05) is 30.3 Å². The molecule has 8 heteroatoms. The predicted octanol–water partition coefficient (Wildman–Crippen LogP) is 1.58. The lowest BCUT2D eigenvalue weighted by atomic mass is 9.99. The van der Waals surface area contributed by atoms with Crippen molar-refractivity contribution in [3.05, 3.63) is 24.3 Å². The van der Waals surface area contributed by atoms with E-state index in [9.17, 15) is 13.2 Å². The quantitative estimate of drug-likeness (QED) is 0.581. The van der Waals surface area contributed by atoms with Crippen LogP contribution < -0.4 is 10.1 Å². The van der Waals surface area contributed by atoms with Crippen LogP contribution in [0, 0.1) is 5.92 Å². The summed E-state index contributed by atoms with van der Waals surface area (Å²) in [6, 6.07) is 7.78. The normalized spacial score (nSPS) is 19.0. The minimum Gasteiger partial charge on any atom is -0.497 e. The van der Waals surface area contributed by atoms with E-state index in [2.05, 4.69) is 5.32 Å². The van der Waals surface area contributed by atoms with Crippen LogP contribution in [0.4, 0.5) is 0 Å². The van der Waals surface area contributed by atoms with Crippen LogP contribution in [0.3, 0.4) is 0 Å². The molecule has 1 heterocycles. The maximum atomic E-state index is 12.2. The van der Waals surface area contributed by atoms with Crippen LogP contribution in [0.25, 0.3) is 0 Å². The monoisotopic (exact) mass is 372 g/mol. The molecule has 0 saturated carbocycles. The van der Waals surface area contributed by atoms with Crippen molar-refractivity contribution in [1.29, 1.82) is 0 Å². The van der Waals surface area contributed by atoms with Gasteiger partial charge in [-0.2, -0.15) is 0 Å². The van der Waals surface area contributed by atoms with Crippen LogP contribution in [-0.2, 0) is 14.8 Å². The number of thioether (sulfide) groups is 1. The molecule has 0 aromatic heterocycles. The van der Waals surface area contributed by atoms with Gasteiger partial charge in [0.05, 0.1) is 19.3 Å². The Morgan fingerprint density at radius 3 is 2.71 bits per heavy atom. The number of sulfonamides is 1. The maximum Gasteiger partial charge on any atom is 0.224 e. The topological polar surface area (TPSA) is 75.7 Å². The number of hydrogen-bond donors (Lipinski definition) is 1. The molecule has 1 amide bonds. The number of carbonyl (C=O) groups is 1. The zero-order valence-electron chi connectivity index (χ0n) is 14.0. The third-order valence-corrected chi connectivity index (χ3v) is 6.24. The van der Waals surface area contributed by atoms with Gasteiger partial charge in [-0.25, -0.2) is 12.7 Å². The van der Waals surface area contributed by atoms with Crippen LogP contribution in [-0.4, -0.2) is 57.4 Å². The van der Waals surface area contributed by atoms with E-state index in [0.717, 1.165) is 29.2 Å². The molecule has 6 nitrogen and oxygen atoms in total. The molecule has 0 aliphatic carbocycles. The first-order valence-electron chi connectivity index (χ1n) is 7.90. The summed E-state index contributed by atoms with van der Waals surface area (Å²) in [6.07, 6.45) is 2.66. The number of methoxy groups -OCH3 is 1.